The molecule has 8 aromatic rings. The van der Waals surface area contributed by atoms with Crippen molar-refractivity contribution in [1.82, 2.24) is 9.80 Å². The number of nitrogens with zero attached hydrogens (tertiary/aromatic N) is 4. The number of carbonyl (C=O) groups is 4. The molecule has 10 rings (SSSR count). The minimum absolute atomic E-state index is 0.120. The molecule has 85 heavy (non-hydrogen) atoms. The van der Waals surface area contributed by atoms with Gasteiger partial charge in [0.25, 0.3) is 0 Å². The summed E-state index contributed by atoms with van der Waals surface area (Å²) in [5.41, 5.74) is 1.57. The number of carboxylic acid groups (broad SMARTS) is 1. The Morgan fingerprint density at radius 3 is 1.06 bits per heavy atom. The molecule has 2 fully saturated rings. The third-order valence-corrected chi connectivity index (χ3v) is 24.4. The van der Waals surface area contributed by atoms with Gasteiger partial charge in [-0.25, -0.2) is 0 Å². The number of piperidine rings is 2. The second-order valence-corrected chi connectivity index (χ2v) is 28.3. The van der Waals surface area contributed by atoms with E-state index in [1.54, 1.807) is 58.4 Å². The van der Waals surface area contributed by atoms with Crippen LogP contribution in [0.15, 0.2) is 231 Å². The van der Waals surface area contributed by atoms with E-state index >= 15 is 0 Å². The molecule has 428 valence electrons. The standard InChI is InChI=1S/C35H29Cl2N2O2P.C20H16NP.C15H15Cl2NO3/c36-31-18-16-26(24-32(31)37)17-19-34(40)39-22-20-27(21-23-39)35(41)33(25-38)42(28-10-4-1-5-11-28,29-12-6-2-7-13-29)30-14-8-3-9-15-30;21-16-17-22(18-10-4-1-5-11-18,19-12-6-2-7-13-19)20-14-8-3-9-15-20;16-12-3-1-10(9-13(12)17)2-4-14(19)18-7-5-11(6-8-18)15(20)21/h1-19,24,27H,20-23H2;1-15,17H;1-4,9,11H,5-8H2,(H,20,21)/b19-17+;;4-2+. The first kappa shape index (κ1) is 63.1. The fraction of sp³-hybridized carbons (Fsp3) is 0.143. The molecule has 0 aromatic heterocycles. The van der Waals surface area contributed by atoms with E-state index in [-0.39, 0.29) is 29.4 Å². The van der Waals surface area contributed by atoms with Gasteiger partial charge in [0, 0.05) is 50.0 Å². The topological polar surface area (TPSA) is 143 Å². The summed E-state index contributed by atoms with van der Waals surface area (Å²) in [6.07, 6.45) is 8.37. The first-order valence-electron chi connectivity index (χ1n) is 27.5. The van der Waals surface area contributed by atoms with E-state index in [9.17, 15) is 29.7 Å². The molecule has 1 N–H and O–H groups in total. The molecule has 2 heterocycles. The number of likely N-dealkylation sites (tertiary alicyclic amines) is 2. The van der Waals surface area contributed by atoms with Gasteiger partial charge in [-0.2, -0.15) is 10.5 Å². The number of halogens is 4. The highest BCUT2D eigenvalue weighted by Gasteiger charge is 2.37. The van der Waals surface area contributed by atoms with Crippen LogP contribution >= 0.6 is 60.2 Å². The molecule has 0 aliphatic carbocycles. The summed E-state index contributed by atoms with van der Waals surface area (Å²) in [6.45, 7) is -3.00. The molecule has 0 radical (unpaired) electrons. The van der Waals surface area contributed by atoms with Crippen molar-refractivity contribution < 1.29 is 24.3 Å². The monoisotopic (exact) mass is 1240 g/mol. The average Bonchev–Trinajstić information content (AvgIpc) is 1.94. The van der Waals surface area contributed by atoms with Crippen LogP contribution in [0, 0.1) is 34.5 Å². The van der Waals surface area contributed by atoms with Crippen molar-refractivity contribution in [2.75, 3.05) is 26.2 Å². The number of amides is 2. The Morgan fingerprint density at radius 2 is 0.765 bits per heavy atom. The summed E-state index contributed by atoms with van der Waals surface area (Å²) < 4.78 is 0. The molecule has 15 heteroatoms. The molecule has 2 amide bonds. The number of Topliss-reactive ketones (excluding diaryl/α,β-unsaturated/α-hetero) is 1. The highest BCUT2D eigenvalue weighted by Crippen LogP contribution is 2.47. The van der Waals surface area contributed by atoms with E-state index in [4.69, 9.17) is 51.5 Å². The SMILES string of the molecule is N#CC(C(=O)C1CCN(C(=O)/C=C/c2ccc(Cl)c(Cl)c2)CC1)=P(c1ccccc1)(c1ccccc1)c1ccccc1.N#CC=P(c1ccccc1)(c1ccccc1)c1ccccc1.O=C(O)C1CCN(C(=O)/C=C/c2ccc(Cl)c(Cl)c2)CC1. The van der Waals surface area contributed by atoms with Crippen LogP contribution in [0.4, 0.5) is 0 Å². The number of nitriles is 2. The molecule has 0 unspecified atom stereocenters. The van der Waals surface area contributed by atoms with Gasteiger partial charge < -0.3 is 14.9 Å². The Kier molecular flexibility index (Phi) is 22.8. The highest BCUT2D eigenvalue weighted by atomic mass is 35.5. The van der Waals surface area contributed by atoms with Crippen LogP contribution in [-0.2, 0) is 19.2 Å². The van der Waals surface area contributed by atoms with Crippen molar-refractivity contribution >= 4 is 139 Å². The maximum Gasteiger partial charge on any atom is 0.306 e. The molecule has 0 atom stereocenters. The van der Waals surface area contributed by atoms with Crippen molar-refractivity contribution in [3.63, 3.8) is 0 Å². The van der Waals surface area contributed by atoms with Crippen molar-refractivity contribution in [1.29, 1.82) is 10.5 Å². The number of ketones is 1. The summed E-state index contributed by atoms with van der Waals surface area (Å²) in [4.78, 5) is 53.6. The van der Waals surface area contributed by atoms with E-state index < -0.39 is 19.7 Å². The Balaban J connectivity index is 0.000000183. The van der Waals surface area contributed by atoms with Gasteiger partial charge >= 0.3 is 5.97 Å². The summed E-state index contributed by atoms with van der Waals surface area (Å²) in [5, 5.41) is 37.8. The van der Waals surface area contributed by atoms with Crippen LogP contribution in [-0.4, -0.2) is 75.7 Å². The normalized spacial score (nSPS) is 13.7. The fourth-order valence-electron chi connectivity index (χ4n) is 10.5. The summed E-state index contributed by atoms with van der Waals surface area (Å²) in [7, 11) is 0. The molecule has 9 nitrogen and oxygen atoms in total. The van der Waals surface area contributed by atoms with Gasteiger partial charge in [0.15, 0.2) is 5.78 Å². The number of carbonyl (C=O) groups excluding carboxylic acids is 3. The lowest BCUT2D eigenvalue weighted by atomic mass is 9.91. The number of hydrogen-bond acceptors (Lipinski definition) is 6. The predicted octanol–water partition coefficient (Wildman–Crippen LogP) is 13.1. The molecule has 0 bridgehead atoms. The Morgan fingerprint density at radius 1 is 0.447 bits per heavy atom. The third-order valence-electron chi connectivity index (χ3n) is 14.9. The van der Waals surface area contributed by atoms with Crippen LogP contribution < -0.4 is 31.8 Å². The van der Waals surface area contributed by atoms with Crippen LogP contribution in [0.2, 0.25) is 20.1 Å². The quantitative estimate of drug-likeness (QED) is 0.0894. The zero-order chi connectivity index (χ0) is 60.2. The molecule has 2 aliphatic rings. The minimum Gasteiger partial charge on any atom is -0.481 e. The van der Waals surface area contributed by atoms with E-state index in [1.807, 2.05) is 151 Å². The number of benzene rings is 8. The molecule has 0 spiro atoms. The predicted molar refractivity (Wildman–Crippen MR) is 355 cm³/mol. The first-order valence-corrected chi connectivity index (χ1v) is 32.7. The van der Waals surface area contributed by atoms with Crippen LogP contribution in [0.1, 0.15) is 36.8 Å². The summed E-state index contributed by atoms with van der Waals surface area (Å²) in [6, 6.07) is 75.9. The minimum atomic E-state index is -2.78. The number of carboxylic acids is 1. The number of hydrogen-bond donors (Lipinski definition) is 1. The lowest BCUT2D eigenvalue weighted by Crippen LogP contribution is -2.42. The van der Waals surface area contributed by atoms with Crippen LogP contribution in [0.25, 0.3) is 12.2 Å². The van der Waals surface area contributed by atoms with Gasteiger partial charge in [-0.3, -0.25) is 19.2 Å². The van der Waals surface area contributed by atoms with Gasteiger partial charge in [-0.1, -0.05) is 241 Å². The Hall–Kier alpha value is -7.94. The zero-order valence-electron chi connectivity index (χ0n) is 46.3. The van der Waals surface area contributed by atoms with Crippen LogP contribution in [0.5, 0.6) is 0 Å². The van der Waals surface area contributed by atoms with Crippen molar-refractivity contribution in [2.45, 2.75) is 25.7 Å². The van der Waals surface area contributed by atoms with E-state index in [2.05, 4.69) is 48.5 Å². The molecule has 0 saturated carbocycles. The number of rotatable bonds is 13. The molecular formula is C70H60Cl4N4O5P2. The van der Waals surface area contributed by atoms with Gasteiger partial charge in [-0.05, 0) is 119 Å². The fourth-order valence-corrected chi connectivity index (χ4v) is 18.8. The second-order valence-electron chi connectivity index (χ2n) is 20.0. The molecule has 2 saturated heterocycles. The second kappa shape index (κ2) is 30.7. The Bertz CT molecular complexity index is 3670. The van der Waals surface area contributed by atoms with Gasteiger partial charge in [-0.15, -0.1) is 0 Å². The molecule has 8 aromatic carbocycles. The Labute approximate surface area is 517 Å². The van der Waals surface area contributed by atoms with Gasteiger partial charge in [0.2, 0.25) is 11.8 Å². The third kappa shape index (κ3) is 15.5. The summed E-state index contributed by atoms with van der Waals surface area (Å²) in [5.74, 6) is -0.00535. The zero-order valence-corrected chi connectivity index (χ0v) is 51.1. The van der Waals surface area contributed by atoms with Crippen molar-refractivity contribution in [3.05, 3.63) is 262 Å². The molecule has 2 aliphatic heterocycles. The van der Waals surface area contributed by atoms with E-state index in [1.165, 1.54) is 28.1 Å². The van der Waals surface area contributed by atoms with Crippen molar-refractivity contribution in [3.8, 4) is 12.1 Å². The van der Waals surface area contributed by atoms with E-state index in [0.29, 0.717) is 77.2 Å². The first-order chi connectivity index (χ1) is 41.3. The average molecular weight is 1240 g/mol. The van der Waals surface area contributed by atoms with E-state index in [0.717, 1.165) is 27.0 Å². The molecular weight excluding hydrogens is 1180 g/mol. The largest absolute Gasteiger partial charge is 0.481 e. The maximum absolute atomic E-state index is 14.4. The highest BCUT2D eigenvalue weighted by molar-refractivity contribution is 7.97. The van der Waals surface area contributed by atoms with Crippen molar-refractivity contribution in [2.24, 2.45) is 11.8 Å². The summed E-state index contributed by atoms with van der Waals surface area (Å²) >= 11 is 23.8. The van der Waals surface area contributed by atoms with Crippen LogP contribution in [0.3, 0.4) is 0 Å². The van der Waals surface area contributed by atoms with Gasteiger partial charge in [0.1, 0.15) is 11.4 Å². The maximum atomic E-state index is 14.4. The lowest BCUT2D eigenvalue weighted by molar-refractivity contribution is -0.144. The lowest BCUT2D eigenvalue weighted by Gasteiger charge is -2.33. The number of aliphatic carboxylic acids is 1. The van der Waals surface area contributed by atoms with Gasteiger partial charge in [0.05, 0.1) is 32.1 Å². The smallest absolute Gasteiger partial charge is 0.306 e.